The maximum absolute atomic E-state index is 11.8. The summed E-state index contributed by atoms with van der Waals surface area (Å²) in [6, 6.07) is 5.52. The number of nitrogens with zero attached hydrogens (tertiary/aromatic N) is 5. The molecule has 9 heteroatoms. The second kappa shape index (κ2) is 5.92. The van der Waals surface area contributed by atoms with Crippen molar-refractivity contribution in [3.05, 3.63) is 30.1 Å². The largest absolute Gasteiger partial charge is 0.351 e. The van der Waals surface area contributed by atoms with Crippen LogP contribution in [0.3, 0.4) is 0 Å². The van der Waals surface area contributed by atoms with Gasteiger partial charge in [-0.3, -0.25) is 4.79 Å². The van der Waals surface area contributed by atoms with E-state index in [9.17, 15) is 4.79 Å². The van der Waals surface area contributed by atoms with Crippen LogP contribution in [0.15, 0.2) is 34.3 Å². The lowest BCUT2D eigenvalue weighted by Gasteiger charge is -2.04. The van der Waals surface area contributed by atoms with Gasteiger partial charge >= 0.3 is 0 Å². The first-order valence-electron chi connectivity index (χ1n) is 6.17. The number of aryl methyl sites for hydroxylation is 1. The molecular weight excluding hydrogens is 292 g/mol. The molecule has 0 radical (unpaired) electrons. The van der Waals surface area contributed by atoms with Crippen molar-refractivity contribution < 1.29 is 9.42 Å². The second-order valence-corrected chi connectivity index (χ2v) is 5.32. The van der Waals surface area contributed by atoms with E-state index in [1.165, 1.54) is 11.8 Å². The average Bonchev–Trinajstić information content (AvgIpc) is 3.11. The molecule has 0 bridgehead atoms. The highest BCUT2D eigenvalue weighted by Crippen LogP contribution is 2.13. The fourth-order valence-corrected chi connectivity index (χ4v) is 2.44. The van der Waals surface area contributed by atoms with E-state index in [1.807, 2.05) is 25.2 Å². The van der Waals surface area contributed by atoms with Crippen LogP contribution in [0.5, 0.6) is 0 Å². The van der Waals surface area contributed by atoms with Crippen molar-refractivity contribution in [2.45, 2.75) is 11.7 Å². The Bertz CT molecular complexity index is 768. The lowest BCUT2D eigenvalue weighted by Crippen LogP contribution is -2.24. The molecule has 108 valence electrons. The van der Waals surface area contributed by atoms with E-state index in [2.05, 4.69) is 30.5 Å². The minimum Gasteiger partial charge on any atom is -0.351 e. The Balaban J connectivity index is 1.52. The predicted molar refractivity (Wildman–Crippen MR) is 75.4 cm³/mol. The quantitative estimate of drug-likeness (QED) is 0.695. The third-order valence-corrected chi connectivity index (χ3v) is 3.84. The van der Waals surface area contributed by atoms with E-state index in [1.54, 1.807) is 10.9 Å². The highest BCUT2D eigenvalue weighted by Gasteiger charge is 2.07. The number of hydrogen-bond donors (Lipinski definition) is 1. The fraction of sp³-hybridized carbons (Fsp3) is 0.250. The SMILES string of the molecule is Cn1cnnc1SCC(=O)NCc1ccc2nonc2c1. The van der Waals surface area contributed by atoms with E-state index in [0.717, 1.165) is 5.56 Å². The summed E-state index contributed by atoms with van der Waals surface area (Å²) in [7, 11) is 1.83. The molecule has 0 unspecified atom stereocenters. The van der Waals surface area contributed by atoms with Crippen molar-refractivity contribution in [1.82, 2.24) is 30.4 Å². The van der Waals surface area contributed by atoms with E-state index < -0.39 is 0 Å². The van der Waals surface area contributed by atoms with Crippen LogP contribution < -0.4 is 5.32 Å². The summed E-state index contributed by atoms with van der Waals surface area (Å²) in [5, 5.41) is 18.7. The lowest BCUT2D eigenvalue weighted by atomic mass is 10.2. The third-order valence-electron chi connectivity index (χ3n) is 2.81. The molecule has 1 amide bonds. The topological polar surface area (TPSA) is 98.7 Å². The molecule has 0 spiro atoms. The molecule has 0 saturated heterocycles. The van der Waals surface area contributed by atoms with Gasteiger partial charge in [0, 0.05) is 13.6 Å². The molecule has 1 N–H and O–H groups in total. The van der Waals surface area contributed by atoms with Gasteiger partial charge < -0.3 is 9.88 Å². The molecule has 3 aromatic rings. The van der Waals surface area contributed by atoms with Crippen LogP contribution >= 0.6 is 11.8 Å². The predicted octanol–water partition coefficient (Wildman–Crippen LogP) is 0.760. The normalized spacial score (nSPS) is 10.9. The van der Waals surface area contributed by atoms with Crippen molar-refractivity contribution in [3.8, 4) is 0 Å². The number of hydrogen-bond acceptors (Lipinski definition) is 7. The van der Waals surface area contributed by atoms with Crippen LogP contribution in [0, 0.1) is 0 Å². The lowest BCUT2D eigenvalue weighted by molar-refractivity contribution is -0.118. The first kappa shape index (κ1) is 13.6. The fourth-order valence-electron chi connectivity index (χ4n) is 1.72. The minimum absolute atomic E-state index is 0.0682. The van der Waals surface area contributed by atoms with Gasteiger partial charge in [0.15, 0.2) is 5.16 Å². The molecule has 0 fully saturated rings. The zero-order chi connectivity index (χ0) is 14.7. The van der Waals surface area contributed by atoms with Gasteiger partial charge in [0.2, 0.25) is 5.91 Å². The first-order valence-corrected chi connectivity index (χ1v) is 7.15. The number of carbonyl (C=O) groups excluding carboxylic acids is 1. The number of aromatic nitrogens is 5. The minimum atomic E-state index is -0.0682. The van der Waals surface area contributed by atoms with Crippen molar-refractivity contribution >= 4 is 28.7 Å². The number of carbonyl (C=O) groups is 1. The molecular formula is C12H12N6O2S. The Morgan fingerprint density at radius 1 is 1.38 bits per heavy atom. The van der Waals surface area contributed by atoms with Crippen molar-refractivity contribution in [1.29, 1.82) is 0 Å². The van der Waals surface area contributed by atoms with Crippen LogP contribution in [0.25, 0.3) is 11.0 Å². The maximum atomic E-state index is 11.8. The third kappa shape index (κ3) is 3.19. The number of nitrogens with one attached hydrogen (secondary N) is 1. The summed E-state index contributed by atoms with van der Waals surface area (Å²) in [4.78, 5) is 11.8. The molecule has 3 rings (SSSR count). The van der Waals surface area contributed by atoms with E-state index in [0.29, 0.717) is 28.5 Å². The van der Waals surface area contributed by atoms with Crippen molar-refractivity contribution in [2.75, 3.05) is 5.75 Å². The molecule has 0 aliphatic carbocycles. The Hall–Kier alpha value is -2.42. The zero-order valence-corrected chi connectivity index (χ0v) is 12.0. The van der Waals surface area contributed by atoms with Gasteiger partial charge in [-0.05, 0) is 28.0 Å². The summed E-state index contributed by atoms with van der Waals surface area (Å²) < 4.78 is 6.40. The van der Waals surface area contributed by atoms with Crippen LogP contribution in [0.4, 0.5) is 0 Å². The van der Waals surface area contributed by atoms with Crippen molar-refractivity contribution in [3.63, 3.8) is 0 Å². The molecule has 0 aliphatic heterocycles. The van der Waals surface area contributed by atoms with Crippen LogP contribution in [0.1, 0.15) is 5.56 Å². The number of amides is 1. The molecule has 8 nitrogen and oxygen atoms in total. The summed E-state index contributed by atoms with van der Waals surface area (Å²) in [5.41, 5.74) is 2.31. The Kier molecular flexibility index (Phi) is 3.82. The van der Waals surface area contributed by atoms with Gasteiger partial charge in [0.05, 0.1) is 5.75 Å². The van der Waals surface area contributed by atoms with Gasteiger partial charge in [0.25, 0.3) is 0 Å². The van der Waals surface area contributed by atoms with Crippen LogP contribution in [-0.2, 0) is 18.4 Å². The molecule has 0 saturated carbocycles. The summed E-state index contributed by atoms with van der Waals surface area (Å²) >= 11 is 1.34. The number of rotatable bonds is 5. The van der Waals surface area contributed by atoms with Crippen LogP contribution in [-0.4, -0.2) is 36.7 Å². The van der Waals surface area contributed by atoms with E-state index >= 15 is 0 Å². The summed E-state index contributed by atoms with van der Waals surface area (Å²) in [6.07, 6.45) is 1.60. The van der Waals surface area contributed by atoms with Crippen LogP contribution in [0.2, 0.25) is 0 Å². The van der Waals surface area contributed by atoms with Gasteiger partial charge in [-0.2, -0.15) is 0 Å². The molecule has 1 aromatic carbocycles. The van der Waals surface area contributed by atoms with Crippen molar-refractivity contribution in [2.24, 2.45) is 7.05 Å². The van der Waals surface area contributed by atoms with Gasteiger partial charge in [0.1, 0.15) is 17.4 Å². The molecule has 21 heavy (non-hydrogen) atoms. The molecule has 0 atom stereocenters. The standard InChI is InChI=1S/C12H12N6O2S/c1-18-7-14-15-12(18)21-6-11(19)13-5-8-2-3-9-10(4-8)17-20-16-9/h2-4,7H,5-6H2,1H3,(H,13,19). The van der Waals surface area contributed by atoms with E-state index in [4.69, 9.17) is 0 Å². The number of benzene rings is 1. The Morgan fingerprint density at radius 2 is 2.24 bits per heavy atom. The summed E-state index contributed by atoms with van der Waals surface area (Å²) in [5.74, 6) is 0.224. The molecule has 2 aromatic heterocycles. The maximum Gasteiger partial charge on any atom is 0.230 e. The van der Waals surface area contributed by atoms with Gasteiger partial charge in [-0.25, -0.2) is 4.63 Å². The van der Waals surface area contributed by atoms with Gasteiger partial charge in [-0.15, -0.1) is 10.2 Å². The Labute approximate surface area is 123 Å². The number of fused-ring (bicyclic) bond motifs is 1. The Morgan fingerprint density at radius 3 is 3.05 bits per heavy atom. The highest BCUT2D eigenvalue weighted by molar-refractivity contribution is 7.99. The zero-order valence-electron chi connectivity index (χ0n) is 11.2. The average molecular weight is 304 g/mol. The first-order chi connectivity index (χ1) is 10.2. The molecule has 0 aliphatic rings. The summed E-state index contributed by atoms with van der Waals surface area (Å²) in [6.45, 7) is 0.432. The van der Waals surface area contributed by atoms with Gasteiger partial charge in [-0.1, -0.05) is 17.8 Å². The van der Waals surface area contributed by atoms with E-state index in [-0.39, 0.29) is 5.91 Å². The second-order valence-electron chi connectivity index (χ2n) is 4.38. The molecule has 2 heterocycles. The number of thioether (sulfide) groups is 1. The monoisotopic (exact) mass is 304 g/mol. The highest BCUT2D eigenvalue weighted by atomic mass is 32.2. The smallest absolute Gasteiger partial charge is 0.230 e.